The van der Waals surface area contributed by atoms with Gasteiger partial charge in [0.2, 0.25) is 0 Å². The van der Waals surface area contributed by atoms with Gasteiger partial charge in [-0.2, -0.15) is 0 Å². The van der Waals surface area contributed by atoms with E-state index in [1.165, 1.54) is 116 Å². The zero-order valence-electron chi connectivity index (χ0n) is 25.0. The molecule has 0 saturated heterocycles. The average Bonchev–Trinajstić information content (AvgIpc) is 2.95. The number of rotatable bonds is 12. The summed E-state index contributed by atoms with van der Waals surface area (Å²) in [6.45, 7) is 8.11. The van der Waals surface area contributed by atoms with Crippen LogP contribution in [0.25, 0.3) is 0 Å². The van der Waals surface area contributed by atoms with E-state index < -0.39 is 0 Å². The van der Waals surface area contributed by atoms with Gasteiger partial charge in [0, 0.05) is 18.1 Å². The van der Waals surface area contributed by atoms with E-state index in [4.69, 9.17) is 4.74 Å². The molecule has 38 heavy (non-hydrogen) atoms. The molecule has 4 saturated carbocycles. The molecule has 1 N–H and O–H groups in total. The lowest BCUT2D eigenvalue weighted by Gasteiger charge is -2.46. The van der Waals surface area contributed by atoms with Crippen LogP contribution in [-0.4, -0.2) is 24.3 Å². The van der Waals surface area contributed by atoms with Crippen molar-refractivity contribution in [2.45, 2.75) is 136 Å². The molecule has 0 radical (unpaired) electrons. The van der Waals surface area contributed by atoms with E-state index in [-0.39, 0.29) is 18.5 Å². The van der Waals surface area contributed by atoms with E-state index >= 15 is 0 Å². The minimum atomic E-state index is -0.329. The summed E-state index contributed by atoms with van der Waals surface area (Å²) in [5.41, 5.74) is 0.438. The third-order valence-electron chi connectivity index (χ3n) is 11.7. The Labute approximate surface area is 235 Å². The minimum absolute atomic E-state index is 0.0717. The monoisotopic (exact) mass is 528 g/mol. The van der Waals surface area contributed by atoms with E-state index in [9.17, 15) is 9.90 Å². The number of hydrogen-bond acceptors (Lipinski definition) is 3. The Morgan fingerprint density at radius 2 is 1.26 bits per heavy atom. The van der Waals surface area contributed by atoms with Crippen molar-refractivity contribution in [2.24, 2.45) is 53.3 Å². The second kappa shape index (κ2) is 15.2. The van der Waals surface area contributed by atoms with Gasteiger partial charge in [0.25, 0.3) is 0 Å². The smallest absolute Gasteiger partial charge is 0.333 e. The van der Waals surface area contributed by atoms with E-state index in [1.807, 2.05) is 0 Å². The predicted octanol–water partition coefficient (Wildman–Crippen LogP) is 9.13. The summed E-state index contributed by atoms with van der Waals surface area (Å²) in [4.78, 5) is 11.8. The molecule has 3 nitrogen and oxygen atoms in total. The molecule has 4 rings (SSSR count). The molecule has 4 aliphatic rings. The number of fused-ring (bicyclic) bond motifs is 1. The first kappa shape index (κ1) is 30.1. The van der Waals surface area contributed by atoms with Crippen molar-refractivity contribution < 1.29 is 14.6 Å². The highest BCUT2D eigenvalue weighted by Gasteiger charge is 2.40. The van der Waals surface area contributed by atoms with Crippen LogP contribution in [-0.2, 0) is 9.53 Å². The third-order valence-corrected chi connectivity index (χ3v) is 11.7. The van der Waals surface area contributed by atoms with Crippen molar-refractivity contribution in [1.82, 2.24) is 0 Å². The largest absolute Gasteiger partial charge is 0.462 e. The van der Waals surface area contributed by atoms with Gasteiger partial charge in [-0.05, 0) is 131 Å². The fourth-order valence-electron chi connectivity index (χ4n) is 9.37. The summed E-state index contributed by atoms with van der Waals surface area (Å²) in [5.74, 6) is 7.42. The third kappa shape index (κ3) is 8.58. The highest BCUT2D eigenvalue weighted by molar-refractivity contribution is 5.86. The van der Waals surface area contributed by atoms with Crippen molar-refractivity contribution in [1.29, 1.82) is 0 Å². The average molecular weight is 529 g/mol. The molecule has 4 fully saturated rings. The normalized spacial score (nSPS) is 36.7. The number of aliphatic hydroxyl groups is 1. The number of carbonyl (C=O) groups is 1. The maximum atomic E-state index is 11.8. The van der Waals surface area contributed by atoms with Crippen LogP contribution < -0.4 is 0 Å². The summed E-state index contributed by atoms with van der Waals surface area (Å²) in [6.07, 6.45) is 27.4. The maximum Gasteiger partial charge on any atom is 0.333 e. The maximum absolute atomic E-state index is 11.8. The molecule has 5 atom stereocenters. The van der Waals surface area contributed by atoms with Crippen LogP contribution in [0, 0.1) is 53.3 Å². The first-order valence-corrected chi connectivity index (χ1v) is 16.9. The van der Waals surface area contributed by atoms with Gasteiger partial charge >= 0.3 is 5.97 Å². The molecule has 0 heterocycles. The molecule has 5 unspecified atom stereocenters. The molecule has 0 aromatic heterocycles. The van der Waals surface area contributed by atoms with Crippen molar-refractivity contribution in [3.8, 4) is 0 Å². The van der Waals surface area contributed by atoms with Crippen molar-refractivity contribution in [3.63, 3.8) is 0 Å². The SMILES string of the molecule is C=C(C)C(=O)OCC(CO)CC1CCC2CC(C3CCC(C4CCC(CCCCC)CC4)CC3)CCC2C1. The van der Waals surface area contributed by atoms with Crippen molar-refractivity contribution >= 4 is 5.97 Å². The van der Waals surface area contributed by atoms with Crippen molar-refractivity contribution in [3.05, 3.63) is 12.2 Å². The standard InChI is InChI=1S/C35H60O3/c1-4-5-6-7-26-8-11-29(12-9-26)30-14-16-31(17-15-30)33-19-18-32-21-27(10-13-34(32)22-33)20-28(23-36)24-38-35(37)25(2)3/h26-34,36H,2,4-24H2,1,3H3. The van der Waals surface area contributed by atoms with Crippen LogP contribution >= 0.6 is 0 Å². The number of aliphatic hydroxyl groups excluding tert-OH is 1. The first-order valence-electron chi connectivity index (χ1n) is 16.9. The summed E-state index contributed by atoms with van der Waals surface area (Å²) in [6, 6.07) is 0. The molecular formula is C35H60O3. The van der Waals surface area contributed by atoms with Gasteiger partial charge in [-0.15, -0.1) is 0 Å². The Morgan fingerprint density at radius 1 is 0.763 bits per heavy atom. The van der Waals surface area contributed by atoms with Gasteiger partial charge in [-0.1, -0.05) is 58.4 Å². The minimum Gasteiger partial charge on any atom is -0.462 e. The molecule has 218 valence electrons. The molecule has 0 spiro atoms. The lowest BCUT2D eigenvalue weighted by molar-refractivity contribution is -0.141. The number of unbranched alkanes of at least 4 members (excludes halogenated alkanes) is 2. The Bertz CT molecular complexity index is 715. The van der Waals surface area contributed by atoms with Gasteiger partial charge in [0.15, 0.2) is 0 Å². The summed E-state index contributed by atoms with van der Waals surface area (Å²) >= 11 is 0. The zero-order valence-corrected chi connectivity index (χ0v) is 25.0. The summed E-state index contributed by atoms with van der Waals surface area (Å²) in [5, 5.41) is 9.86. The van der Waals surface area contributed by atoms with E-state index in [0.717, 1.165) is 47.8 Å². The van der Waals surface area contributed by atoms with Gasteiger partial charge in [-0.3, -0.25) is 0 Å². The van der Waals surface area contributed by atoms with E-state index in [0.29, 0.717) is 18.1 Å². The topological polar surface area (TPSA) is 46.5 Å². The van der Waals surface area contributed by atoms with Crippen LogP contribution in [0.3, 0.4) is 0 Å². The number of hydrogen-bond donors (Lipinski definition) is 1. The number of carbonyl (C=O) groups excluding carboxylic acids is 1. The Balaban J connectivity index is 1.14. The van der Waals surface area contributed by atoms with Crippen LogP contribution in [0.15, 0.2) is 12.2 Å². The predicted molar refractivity (Wildman–Crippen MR) is 158 cm³/mol. The second-order valence-electron chi connectivity index (χ2n) is 14.4. The Morgan fingerprint density at radius 3 is 1.87 bits per heavy atom. The zero-order chi connectivity index (χ0) is 26.9. The summed E-state index contributed by atoms with van der Waals surface area (Å²) in [7, 11) is 0. The van der Waals surface area contributed by atoms with Gasteiger partial charge in [0.05, 0.1) is 6.61 Å². The summed E-state index contributed by atoms with van der Waals surface area (Å²) < 4.78 is 5.36. The van der Waals surface area contributed by atoms with Crippen molar-refractivity contribution in [2.75, 3.05) is 13.2 Å². The molecule has 0 aromatic carbocycles. The molecule has 0 bridgehead atoms. The highest BCUT2D eigenvalue weighted by Crippen LogP contribution is 2.51. The Hall–Kier alpha value is -0.830. The van der Waals surface area contributed by atoms with Gasteiger partial charge < -0.3 is 9.84 Å². The molecule has 4 aliphatic carbocycles. The molecule has 0 amide bonds. The number of esters is 1. The Kier molecular flexibility index (Phi) is 12.1. The van der Waals surface area contributed by atoms with E-state index in [2.05, 4.69) is 13.5 Å². The second-order valence-corrected chi connectivity index (χ2v) is 14.4. The lowest BCUT2D eigenvalue weighted by atomic mass is 9.59. The van der Waals surface area contributed by atoms with Gasteiger partial charge in [-0.25, -0.2) is 4.79 Å². The van der Waals surface area contributed by atoms with Crippen LogP contribution in [0.5, 0.6) is 0 Å². The highest BCUT2D eigenvalue weighted by atomic mass is 16.5. The van der Waals surface area contributed by atoms with Gasteiger partial charge in [0.1, 0.15) is 0 Å². The fraction of sp³-hybridized carbons (Fsp3) is 0.914. The molecule has 0 aromatic rings. The first-order chi connectivity index (χ1) is 18.5. The van der Waals surface area contributed by atoms with Crippen LogP contribution in [0.1, 0.15) is 136 Å². The fourth-order valence-corrected chi connectivity index (χ4v) is 9.37. The quantitative estimate of drug-likeness (QED) is 0.156. The van der Waals surface area contributed by atoms with Crippen LogP contribution in [0.2, 0.25) is 0 Å². The molecule has 3 heteroatoms. The van der Waals surface area contributed by atoms with Crippen LogP contribution in [0.4, 0.5) is 0 Å². The van der Waals surface area contributed by atoms with E-state index in [1.54, 1.807) is 6.92 Å². The number of ether oxygens (including phenoxy) is 1. The lowest BCUT2D eigenvalue weighted by Crippen LogP contribution is -2.36. The molecular weight excluding hydrogens is 468 g/mol. The molecule has 0 aliphatic heterocycles.